The molecule has 0 amide bonds. The molecular weight excluding hydrogens is 206 g/mol. The topological polar surface area (TPSA) is 70.2 Å². The lowest BCUT2D eigenvalue weighted by Crippen LogP contribution is -2.19. The number of aromatic amines is 1. The van der Waals surface area contributed by atoms with Gasteiger partial charge in [0.1, 0.15) is 11.9 Å². The van der Waals surface area contributed by atoms with Crippen molar-refractivity contribution in [2.45, 2.75) is 12.5 Å². The number of hydrogen-bond donors (Lipinski definition) is 3. The standard InChI is InChI=1S/C11H13N3O2/c15-7-1-2-10-9(5-7)11(14-13-10)16-8-3-4-12-6-8/h1-2,5,8,12,15H,3-4,6H2,(H,13,14). The zero-order chi connectivity index (χ0) is 11.0. The molecule has 1 aliphatic rings. The number of benzene rings is 1. The normalized spacial score (nSPS) is 20.4. The van der Waals surface area contributed by atoms with E-state index in [0.717, 1.165) is 30.4 Å². The molecule has 0 spiro atoms. The van der Waals surface area contributed by atoms with Gasteiger partial charge in [-0.1, -0.05) is 0 Å². The van der Waals surface area contributed by atoms with Crippen LogP contribution in [0.15, 0.2) is 18.2 Å². The molecule has 16 heavy (non-hydrogen) atoms. The molecule has 1 aromatic carbocycles. The lowest BCUT2D eigenvalue weighted by molar-refractivity contribution is 0.216. The first-order chi connectivity index (χ1) is 7.83. The van der Waals surface area contributed by atoms with Crippen molar-refractivity contribution in [3.05, 3.63) is 18.2 Å². The fourth-order valence-corrected chi connectivity index (χ4v) is 1.95. The van der Waals surface area contributed by atoms with E-state index in [9.17, 15) is 5.11 Å². The maximum absolute atomic E-state index is 9.42. The highest BCUT2D eigenvalue weighted by Crippen LogP contribution is 2.27. The van der Waals surface area contributed by atoms with Gasteiger partial charge >= 0.3 is 0 Å². The summed E-state index contributed by atoms with van der Waals surface area (Å²) < 4.78 is 5.77. The molecule has 1 atom stereocenters. The highest BCUT2D eigenvalue weighted by Gasteiger charge is 2.18. The van der Waals surface area contributed by atoms with Crippen molar-refractivity contribution < 1.29 is 9.84 Å². The summed E-state index contributed by atoms with van der Waals surface area (Å²) in [5.41, 5.74) is 0.874. The molecule has 3 N–H and O–H groups in total. The van der Waals surface area contributed by atoms with Gasteiger partial charge in [-0.05, 0) is 31.2 Å². The Labute approximate surface area is 92.4 Å². The Balaban J connectivity index is 1.93. The number of aromatic nitrogens is 2. The van der Waals surface area contributed by atoms with Crippen molar-refractivity contribution >= 4 is 10.9 Å². The summed E-state index contributed by atoms with van der Waals surface area (Å²) in [5.74, 6) is 0.794. The van der Waals surface area contributed by atoms with Gasteiger partial charge in [0, 0.05) is 6.54 Å². The van der Waals surface area contributed by atoms with E-state index < -0.39 is 0 Å². The summed E-state index contributed by atoms with van der Waals surface area (Å²) in [5, 5.41) is 20.5. The van der Waals surface area contributed by atoms with Crippen molar-refractivity contribution in [2.24, 2.45) is 0 Å². The molecular formula is C11H13N3O2. The number of nitrogens with zero attached hydrogens (tertiary/aromatic N) is 1. The molecule has 1 aliphatic heterocycles. The predicted molar refractivity (Wildman–Crippen MR) is 59.7 cm³/mol. The smallest absolute Gasteiger partial charge is 0.240 e. The van der Waals surface area contributed by atoms with E-state index in [2.05, 4.69) is 15.5 Å². The van der Waals surface area contributed by atoms with Crippen LogP contribution in [0.5, 0.6) is 11.6 Å². The Morgan fingerprint density at radius 2 is 2.38 bits per heavy atom. The van der Waals surface area contributed by atoms with Crippen LogP contribution in [0.2, 0.25) is 0 Å². The van der Waals surface area contributed by atoms with E-state index in [1.165, 1.54) is 0 Å². The van der Waals surface area contributed by atoms with Gasteiger partial charge in [0.2, 0.25) is 5.88 Å². The molecule has 0 bridgehead atoms. The molecule has 1 aromatic heterocycles. The van der Waals surface area contributed by atoms with E-state index in [1.807, 2.05) is 0 Å². The predicted octanol–water partition coefficient (Wildman–Crippen LogP) is 1.01. The zero-order valence-electron chi connectivity index (χ0n) is 8.73. The van der Waals surface area contributed by atoms with Crippen molar-refractivity contribution in [2.75, 3.05) is 13.1 Å². The second-order valence-electron chi connectivity index (χ2n) is 3.99. The highest BCUT2D eigenvalue weighted by molar-refractivity contribution is 5.85. The summed E-state index contributed by atoms with van der Waals surface area (Å²) in [7, 11) is 0. The van der Waals surface area contributed by atoms with Crippen molar-refractivity contribution in [1.29, 1.82) is 0 Å². The Kier molecular flexibility index (Phi) is 2.18. The van der Waals surface area contributed by atoms with Gasteiger partial charge in [0.25, 0.3) is 0 Å². The van der Waals surface area contributed by atoms with Crippen LogP contribution in [0.1, 0.15) is 6.42 Å². The van der Waals surface area contributed by atoms with Crippen LogP contribution in [0.3, 0.4) is 0 Å². The quantitative estimate of drug-likeness (QED) is 0.705. The lowest BCUT2D eigenvalue weighted by Gasteiger charge is -2.09. The molecule has 0 aliphatic carbocycles. The van der Waals surface area contributed by atoms with Crippen LogP contribution in [-0.2, 0) is 0 Å². The van der Waals surface area contributed by atoms with Gasteiger partial charge in [-0.2, -0.15) is 0 Å². The fraction of sp³-hybridized carbons (Fsp3) is 0.364. The lowest BCUT2D eigenvalue weighted by atomic mass is 10.2. The molecule has 0 radical (unpaired) electrons. The Bertz CT molecular complexity index is 503. The maximum atomic E-state index is 9.42. The van der Waals surface area contributed by atoms with Crippen molar-refractivity contribution in [1.82, 2.24) is 15.5 Å². The molecule has 1 fully saturated rings. The van der Waals surface area contributed by atoms with E-state index in [4.69, 9.17) is 4.74 Å². The largest absolute Gasteiger partial charge is 0.508 e. The number of rotatable bonds is 2. The molecule has 84 valence electrons. The monoisotopic (exact) mass is 219 g/mol. The summed E-state index contributed by atoms with van der Waals surface area (Å²) in [6, 6.07) is 5.08. The van der Waals surface area contributed by atoms with Crippen LogP contribution in [0.25, 0.3) is 10.9 Å². The van der Waals surface area contributed by atoms with E-state index in [-0.39, 0.29) is 11.9 Å². The average Bonchev–Trinajstić information content (AvgIpc) is 2.90. The summed E-state index contributed by atoms with van der Waals surface area (Å²) >= 11 is 0. The molecule has 5 nitrogen and oxygen atoms in total. The number of fused-ring (bicyclic) bond motifs is 1. The SMILES string of the molecule is Oc1ccc2[nH]nc(OC3CCNC3)c2c1. The molecule has 5 heteroatoms. The second kappa shape index (κ2) is 3.68. The molecule has 2 aromatic rings. The third kappa shape index (κ3) is 1.59. The van der Waals surface area contributed by atoms with E-state index in [0.29, 0.717) is 5.88 Å². The Morgan fingerprint density at radius 3 is 3.19 bits per heavy atom. The van der Waals surface area contributed by atoms with Gasteiger partial charge in [0.15, 0.2) is 0 Å². The molecule has 0 saturated carbocycles. The summed E-state index contributed by atoms with van der Waals surface area (Å²) in [4.78, 5) is 0. The average molecular weight is 219 g/mol. The number of H-pyrrole nitrogens is 1. The number of ether oxygens (including phenoxy) is 1. The maximum Gasteiger partial charge on any atom is 0.240 e. The molecule has 2 heterocycles. The number of nitrogens with one attached hydrogen (secondary N) is 2. The first-order valence-electron chi connectivity index (χ1n) is 5.37. The van der Waals surface area contributed by atoms with Gasteiger partial charge < -0.3 is 15.2 Å². The molecule has 3 rings (SSSR count). The Morgan fingerprint density at radius 1 is 1.44 bits per heavy atom. The van der Waals surface area contributed by atoms with Gasteiger partial charge in [-0.25, -0.2) is 0 Å². The third-order valence-electron chi connectivity index (χ3n) is 2.80. The van der Waals surface area contributed by atoms with Crippen molar-refractivity contribution in [3.63, 3.8) is 0 Å². The fourth-order valence-electron chi connectivity index (χ4n) is 1.95. The first-order valence-corrected chi connectivity index (χ1v) is 5.37. The molecule has 1 unspecified atom stereocenters. The minimum absolute atomic E-state index is 0.175. The number of hydrogen-bond acceptors (Lipinski definition) is 4. The first kappa shape index (κ1) is 9.47. The van der Waals surface area contributed by atoms with Gasteiger partial charge in [-0.3, -0.25) is 5.10 Å². The van der Waals surface area contributed by atoms with E-state index >= 15 is 0 Å². The van der Waals surface area contributed by atoms with E-state index in [1.54, 1.807) is 18.2 Å². The van der Waals surface area contributed by atoms with Crippen LogP contribution in [0.4, 0.5) is 0 Å². The minimum Gasteiger partial charge on any atom is -0.508 e. The van der Waals surface area contributed by atoms with Crippen LogP contribution < -0.4 is 10.1 Å². The van der Waals surface area contributed by atoms with Gasteiger partial charge in [-0.15, -0.1) is 5.10 Å². The second-order valence-corrected chi connectivity index (χ2v) is 3.99. The number of phenols is 1. The van der Waals surface area contributed by atoms with Crippen LogP contribution >= 0.6 is 0 Å². The Hall–Kier alpha value is -1.75. The summed E-state index contributed by atoms with van der Waals surface area (Å²) in [6.45, 7) is 1.84. The number of aromatic hydroxyl groups is 1. The third-order valence-corrected chi connectivity index (χ3v) is 2.80. The highest BCUT2D eigenvalue weighted by atomic mass is 16.5. The number of phenolic OH excluding ortho intramolecular Hbond substituents is 1. The summed E-state index contributed by atoms with van der Waals surface area (Å²) in [6.07, 6.45) is 1.17. The van der Waals surface area contributed by atoms with Crippen molar-refractivity contribution in [3.8, 4) is 11.6 Å². The molecule has 1 saturated heterocycles. The zero-order valence-corrected chi connectivity index (χ0v) is 8.73. The van der Waals surface area contributed by atoms with Crippen LogP contribution in [0, 0.1) is 0 Å². The van der Waals surface area contributed by atoms with Gasteiger partial charge in [0.05, 0.1) is 10.9 Å². The van der Waals surface area contributed by atoms with Crippen LogP contribution in [-0.4, -0.2) is 34.5 Å². The minimum atomic E-state index is 0.175.